The van der Waals surface area contributed by atoms with Crippen LogP contribution in [0.3, 0.4) is 0 Å². The average Bonchev–Trinajstić information content (AvgIpc) is 2.52. The van der Waals surface area contributed by atoms with Crippen molar-refractivity contribution in [3.8, 4) is 0 Å². The lowest BCUT2D eigenvalue weighted by molar-refractivity contribution is -0.163. The van der Waals surface area contributed by atoms with Gasteiger partial charge in [-0.1, -0.05) is 6.42 Å². The number of hydrogen-bond acceptors (Lipinski definition) is 4. The Kier molecular flexibility index (Phi) is 2.44. The summed E-state index contributed by atoms with van der Waals surface area (Å²) in [5, 5.41) is 0. The van der Waals surface area contributed by atoms with E-state index < -0.39 is 17.4 Å². The fourth-order valence-electron chi connectivity index (χ4n) is 2.76. The molecule has 1 saturated carbocycles. The smallest absolute Gasteiger partial charge is 0.323 e. The molecule has 2 aliphatic rings. The largest absolute Gasteiger partial charge is 0.468 e. The van der Waals surface area contributed by atoms with Crippen molar-refractivity contribution in [2.45, 2.75) is 38.7 Å². The maximum Gasteiger partial charge on any atom is 0.323 e. The van der Waals surface area contributed by atoms with Gasteiger partial charge >= 0.3 is 11.9 Å². The van der Waals surface area contributed by atoms with Crippen LogP contribution >= 0.6 is 0 Å². The highest BCUT2D eigenvalue weighted by molar-refractivity contribution is 6.01. The Morgan fingerprint density at radius 1 is 1.47 bits per heavy atom. The van der Waals surface area contributed by atoms with Crippen LogP contribution in [0.5, 0.6) is 0 Å². The number of methoxy groups -OCH3 is 1. The first-order chi connectivity index (χ1) is 7.10. The third kappa shape index (κ3) is 1.34. The molecule has 1 heterocycles. The minimum atomic E-state index is -1.07. The predicted molar refractivity (Wildman–Crippen MR) is 52.0 cm³/mol. The van der Waals surface area contributed by atoms with Gasteiger partial charge in [0, 0.05) is 5.92 Å². The molecule has 1 aliphatic heterocycles. The summed E-state index contributed by atoms with van der Waals surface area (Å²) in [6.45, 7) is 1.65. The summed E-state index contributed by atoms with van der Waals surface area (Å²) in [7, 11) is 1.32. The first-order valence-electron chi connectivity index (χ1n) is 5.40. The minimum Gasteiger partial charge on any atom is -0.468 e. The third-order valence-electron chi connectivity index (χ3n) is 3.74. The second-order valence-electron chi connectivity index (χ2n) is 4.53. The van der Waals surface area contributed by atoms with E-state index in [0.717, 1.165) is 25.7 Å². The maximum atomic E-state index is 11.7. The summed E-state index contributed by atoms with van der Waals surface area (Å²) in [4.78, 5) is 23.4. The Balaban J connectivity index is 2.29. The summed E-state index contributed by atoms with van der Waals surface area (Å²) in [5.41, 5.74) is -1.07. The zero-order valence-corrected chi connectivity index (χ0v) is 9.12. The highest BCUT2D eigenvalue weighted by Gasteiger charge is 2.60. The molecule has 0 unspecified atom stereocenters. The van der Waals surface area contributed by atoms with Crippen molar-refractivity contribution >= 4 is 11.9 Å². The normalized spacial score (nSPS) is 39.5. The van der Waals surface area contributed by atoms with Crippen LogP contribution in [0, 0.1) is 11.3 Å². The van der Waals surface area contributed by atoms with E-state index in [4.69, 9.17) is 9.47 Å². The first kappa shape index (κ1) is 10.5. The van der Waals surface area contributed by atoms with Crippen LogP contribution in [0.1, 0.15) is 32.6 Å². The number of ether oxygens (including phenoxy) is 2. The predicted octanol–water partition coefficient (Wildman–Crippen LogP) is 1.28. The standard InChI is InChI=1S/C11H16O4/c1-11(9(12)14-2)7-5-3-4-6-8(7)15-10(11)13/h7-8H,3-6H2,1-2H3/t7-,8+,11-/m1/s1. The van der Waals surface area contributed by atoms with Crippen molar-refractivity contribution in [1.82, 2.24) is 0 Å². The van der Waals surface area contributed by atoms with E-state index in [1.807, 2.05) is 0 Å². The van der Waals surface area contributed by atoms with Crippen LogP contribution in [0.15, 0.2) is 0 Å². The van der Waals surface area contributed by atoms with Crippen LogP contribution in [-0.2, 0) is 19.1 Å². The van der Waals surface area contributed by atoms with Crippen molar-refractivity contribution in [2.75, 3.05) is 7.11 Å². The lowest BCUT2D eigenvalue weighted by Gasteiger charge is -2.29. The number of hydrogen-bond donors (Lipinski definition) is 0. The fraction of sp³-hybridized carbons (Fsp3) is 0.818. The molecule has 0 aromatic heterocycles. The monoisotopic (exact) mass is 212 g/mol. The van der Waals surface area contributed by atoms with Gasteiger partial charge in [0.25, 0.3) is 0 Å². The van der Waals surface area contributed by atoms with E-state index in [1.54, 1.807) is 6.92 Å². The Bertz CT molecular complexity index is 299. The van der Waals surface area contributed by atoms with Gasteiger partial charge in [-0.25, -0.2) is 0 Å². The van der Waals surface area contributed by atoms with Crippen LogP contribution in [0.2, 0.25) is 0 Å². The maximum absolute atomic E-state index is 11.7. The molecule has 1 saturated heterocycles. The first-order valence-corrected chi connectivity index (χ1v) is 5.40. The molecule has 0 N–H and O–H groups in total. The highest BCUT2D eigenvalue weighted by Crippen LogP contribution is 2.47. The average molecular weight is 212 g/mol. The Hall–Kier alpha value is -1.06. The highest BCUT2D eigenvalue weighted by atomic mass is 16.6. The molecule has 0 amide bonds. The third-order valence-corrected chi connectivity index (χ3v) is 3.74. The van der Waals surface area contributed by atoms with Gasteiger partial charge in [-0.2, -0.15) is 0 Å². The number of fused-ring (bicyclic) bond motifs is 1. The van der Waals surface area contributed by atoms with Gasteiger partial charge < -0.3 is 9.47 Å². The molecule has 1 aliphatic carbocycles. The quantitative estimate of drug-likeness (QED) is 0.485. The molecule has 0 aromatic rings. The molecule has 0 radical (unpaired) electrons. The Morgan fingerprint density at radius 3 is 2.80 bits per heavy atom. The molecular formula is C11H16O4. The zero-order valence-electron chi connectivity index (χ0n) is 9.12. The molecule has 2 rings (SSSR count). The van der Waals surface area contributed by atoms with Crippen LogP contribution in [0.25, 0.3) is 0 Å². The van der Waals surface area contributed by atoms with Gasteiger partial charge in [0.2, 0.25) is 0 Å². The SMILES string of the molecule is COC(=O)[C@]1(C)C(=O)O[C@H]2CCCC[C@H]21. The van der Waals surface area contributed by atoms with Gasteiger partial charge in [0.1, 0.15) is 6.10 Å². The topological polar surface area (TPSA) is 52.6 Å². The van der Waals surface area contributed by atoms with Gasteiger partial charge in [-0.05, 0) is 26.2 Å². The number of carbonyl (C=O) groups is 2. The number of esters is 2. The molecule has 0 bridgehead atoms. The van der Waals surface area contributed by atoms with Crippen molar-refractivity contribution in [1.29, 1.82) is 0 Å². The number of carbonyl (C=O) groups excluding carboxylic acids is 2. The van der Waals surface area contributed by atoms with Gasteiger partial charge in [0.15, 0.2) is 5.41 Å². The second-order valence-corrected chi connectivity index (χ2v) is 4.53. The van der Waals surface area contributed by atoms with E-state index in [9.17, 15) is 9.59 Å². The van der Waals surface area contributed by atoms with Crippen molar-refractivity contribution in [3.63, 3.8) is 0 Å². The number of rotatable bonds is 1. The second kappa shape index (κ2) is 3.51. The van der Waals surface area contributed by atoms with Crippen molar-refractivity contribution in [3.05, 3.63) is 0 Å². The molecule has 3 atom stereocenters. The molecule has 0 spiro atoms. The van der Waals surface area contributed by atoms with E-state index in [-0.39, 0.29) is 12.0 Å². The van der Waals surface area contributed by atoms with Crippen LogP contribution in [-0.4, -0.2) is 25.2 Å². The molecule has 4 nitrogen and oxygen atoms in total. The Labute approximate surface area is 88.9 Å². The van der Waals surface area contributed by atoms with E-state index in [1.165, 1.54) is 7.11 Å². The van der Waals surface area contributed by atoms with Crippen LogP contribution < -0.4 is 0 Å². The molecule has 4 heteroatoms. The summed E-state index contributed by atoms with van der Waals surface area (Å²) >= 11 is 0. The fourth-order valence-corrected chi connectivity index (χ4v) is 2.76. The van der Waals surface area contributed by atoms with Crippen molar-refractivity contribution in [2.24, 2.45) is 11.3 Å². The van der Waals surface area contributed by atoms with E-state index >= 15 is 0 Å². The summed E-state index contributed by atoms with van der Waals surface area (Å²) < 4.78 is 9.98. The lowest BCUT2D eigenvalue weighted by Crippen LogP contribution is -2.41. The molecule has 84 valence electrons. The summed E-state index contributed by atoms with van der Waals surface area (Å²) in [5.74, 6) is -0.862. The van der Waals surface area contributed by atoms with Gasteiger partial charge in [0.05, 0.1) is 7.11 Å². The molecular weight excluding hydrogens is 196 g/mol. The minimum absolute atomic E-state index is 0.00574. The Morgan fingerprint density at radius 2 is 2.13 bits per heavy atom. The van der Waals surface area contributed by atoms with E-state index in [2.05, 4.69) is 0 Å². The summed E-state index contributed by atoms with van der Waals surface area (Å²) in [6.07, 6.45) is 3.82. The van der Waals surface area contributed by atoms with Gasteiger partial charge in [-0.3, -0.25) is 9.59 Å². The molecule has 2 fully saturated rings. The van der Waals surface area contributed by atoms with E-state index in [0.29, 0.717) is 0 Å². The van der Waals surface area contributed by atoms with Crippen LogP contribution in [0.4, 0.5) is 0 Å². The summed E-state index contributed by atoms with van der Waals surface area (Å²) in [6, 6.07) is 0. The molecule has 0 aromatic carbocycles. The van der Waals surface area contributed by atoms with Crippen molar-refractivity contribution < 1.29 is 19.1 Å². The lowest BCUT2D eigenvalue weighted by atomic mass is 9.70. The zero-order chi connectivity index (χ0) is 11.1. The molecule has 15 heavy (non-hydrogen) atoms. The van der Waals surface area contributed by atoms with Gasteiger partial charge in [-0.15, -0.1) is 0 Å².